The molecule has 2 aliphatic rings. The van der Waals surface area contributed by atoms with E-state index >= 15 is 0 Å². The van der Waals surface area contributed by atoms with Gasteiger partial charge in [-0.05, 0) is 11.8 Å². The summed E-state index contributed by atoms with van der Waals surface area (Å²) in [5.41, 5.74) is 0. The molecule has 0 spiro atoms. The molecule has 176 valence electrons. The van der Waals surface area contributed by atoms with E-state index in [9.17, 15) is 18.3 Å². The van der Waals surface area contributed by atoms with Crippen LogP contribution in [-0.4, -0.2) is 81.9 Å². The van der Waals surface area contributed by atoms with Crippen molar-refractivity contribution in [2.45, 2.75) is 64.7 Å². The van der Waals surface area contributed by atoms with Gasteiger partial charge in [-0.15, -0.1) is 0 Å². The van der Waals surface area contributed by atoms with Crippen molar-refractivity contribution in [3.8, 4) is 0 Å². The Morgan fingerprint density at radius 1 is 0.900 bits per heavy atom. The quantitative estimate of drug-likeness (QED) is 0.503. The van der Waals surface area contributed by atoms with E-state index in [1.54, 1.807) is 0 Å². The van der Waals surface area contributed by atoms with Gasteiger partial charge in [0, 0.05) is 26.1 Å². The molecule has 0 saturated carbocycles. The van der Waals surface area contributed by atoms with Gasteiger partial charge in [-0.3, -0.25) is 4.55 Å². The van der Waals surface area contributed by atoms with Crippen LogP contribution in [0.5, 0.6) is 0 Å². The molecule has 0 radical (unpaired) electrons. The molecule has 0 aromatic heterocycles. The van der Waals surface area contributed by atoms with Gasteiger partial charge in [-0.2, -0.15) is 8.42 Å². The molecule has 0 aliphatic carbocycles. The van der Waals surface area contributed by atoms with Crippen LogP contribution in [0, 0.1) is 23.7 Å². The summed E-state index contributed by atoms with van der Waals surface area (Å²) < 4.78 is 63.6. The number of carboxylic acids is 1. The van der Waals surface area contributed by atoms with Gasteiger partial charge < -0.3 is 28.8 Å². The number of hydrogen-bond donors (Lipinski definition) is 2. The highest BCUT2D eigenvalue weighted by Gasteiger charge is 2.50. The molecule has 2 aliphatic heterocycles. The maximum atomic E-state index is 11.8. The lowest BCUT2D eigenvalue weighted by atomic mass is 9.82. The monoisotopic (exact) mass is 456 g/mol. The Morgan fingerprint density at radius 2 is 1.47 bits per heavy atom. The van der Waals surface area contributed by atoms with Crippen LogP contribution in [0.3, 0.4) is 0 Å². The second-order valence-corrected chi connectivity index (χ2v) is 9.08. The molecule has 0 amide bonds. The van der Waals surface area contributed by atoms with Gasteiger partial charge in [0.25, 0.3) is 0 Å². The van der Waals surface area contributed by atoms with Crippen LogP contribution in [0.1, 0.15) is 27.7 Å². The molecule has 0 aromatic rings. The maximum Gasteiger partial charge on any atom is 0.397 e. The van der Waals surface area contributed by atoms with Crippen molar-refractivity contribution in [1.29, 1.82) is 0 Å². The van der Waals surface area contributed by atoms with Gasteiger partial charge >= 0.3 is 16.4 Å². The summed E-state index contributed by atoms with van der Waals surface area (Å²) in [4.78, 5) is 11.8. The Bertz CT molecular complexity index is 684. The molecular weight excluding hydrogens is 424 g/mol. The molecule has 2 saturated heterocycles. The molecule has 2 N–H and O–H groups in total. The number of carbonyl (C=O) groups is 1. The topological polar surface area (TPSA) is 147 Å². The fraction of sp³-hybridized carbons (Fsp3) is 0.944. The van der Waals surface area contributed by atoms with Crippen LogP contribution in [0.4, 0.5) is 0 Å². The maximum absolute atomic E-state index is 11.8. The molecule has 2 heterocycles. The molecule has 11 nitrogen and oxygen atoms in total. The molecule has 10 atom stereocenters. The van der Waals surface area contributed by atoms with Crippen LogP contribution < -0.4 is 0 Å². The van der Waals surface area contributed by atoms with Gasteiger partial charge in [0.1, 0.15) is 12.2 Å². The highest BCUT2D eigenvalue weighted by atomic mass is 32.3. The Hall–Kier alpha value is -0.860. The van der Waals surface area contributed by atoms with E-state index in [-0.39, 0.29) is 23.7 Å². The number of carboxylic acid groups (broad SMARTS) is 1. The van der Waals surface area contributed by atoms with Crippen LogP contribution in [0.25, 0.3) is 0 Å². The van der Waals surface area contributed by atoms with Gasteiger partial charge in [0.05, 0.1) is 12.7 Å². The summed E-state index contributed by atoms with van der Waals surface area (Å²) in [5, 5.41) is 9.64. The largest absolute Gasteiger partial charge is 0.479 e. The van der Waals surface area contributed by atoms with Gasteiger partial charge in [-0.1, -0.05) is 27.7 Å². The Balaban J connectivity index is 2.22. The van der Waals surface area contributed by atoms with Crippen molar-refractivity contribution in [2.75, 3.05) is 20.8 Å². The van der Waals surface area contributed by atoms with Crippen molar-refractivity contribution in [3.05, 3.63) is 0 Å². The van der Waals surface area contributed by atoms with Crippen molar-refractivity contribution in [1.82, 2.24) is 0 Å². The molecule has 0 bridgehead atoms. The molecule has 12 heteroatoms. The first-order valence-electron chi connectivity index (χ1n) is 9.77. The minimum Gasteiger partial charge on any atom is -0.479 e. The predicted octanol–water partition coefficient (Wildman–Crippen LogP) is 0.931. The van der Waals surface area contributed by atoms with E-state index in [0.29, 0.717) is 0 Å². The third kappa shape index (κ3) is 5.68. The summed E-state index contributed by atoms with van der Waals surface area (Å²) in [7, 11) is -1.75. The van der Waals surface area contributed by atoms with E-state index in [2.05, 4.69) is 4.18 Å². The first-order valence-corrected chi connectivity index (χ1v) is 11.1. The molecular formula is C18H32O11S. The first kappa shape index (κ1) is 25.4. The third-order valence-electron chi connectivity index (χ3n) is 6.23. The summed E-state index contributed by atoms with van der Waals surface area (Å²) >= 11 is 0. The van der Waals surface area contributed by atoms with Crippen molar-refractivity contribution < 1.29 is 50.7 Å². The predicted molar refractivity (Wildman–Crippen MR) is 102 cm³/mol. The molecule has 0 aromatic carbocycles. The number of rotatable bonds is 8. The van der Waals surface area contributed by atoms with Crippen LogP contribution in [0.2, 0.25) is 0 Å². The Labute approximate surface area is 176 Å². The van der Waals surface area contributed by atoms with E-state index in [1.807, 2.05) is 27.7 Å². The third-order valence-corrected chi connectivity index (χ3v) is 6.66. The highest BCUT2D eigenvalue weighted by molar-refractivity contribution is 7.80. The zero-order valence-electron chi connectivity index (χ0n) is 18.0. The second-order valence-electron chi connectivity index (χ2n) is 7.99. The number of hydrogen-bond acceptors (Lipinski definition) is 9. The SMILES string of the molecule is CO[C@H]1O[C@H](C(=O)O)[C@@H](O[C@H]2O[C@H](COS(=O)(=O)O)[C@@H](OC)C(C)C2C)C(C)C1C. The first-order chi connectivity index (χ1) is 13.9. The number of methoxy groups -OCH3 is 2. The van der Waals surface area contributed by atoms with E-state index in [4.69, 9.17) is 28.2 Å². The highest BCUT2D eigenvalue weighted by Crippen LogP contribution is 2.38. The average Bonchev–Trinajstić information content (AvgIpc) is 2.66. The summed E-state index contributed by atoms with van der Waals surface area (Å²) in [6.45, 7) is 7.01. The molecule has 2 rings (SSSR count). The van der Waals surface area contributed by atoms with Gasteiger partial charge in [0.2, 0.25) is 0 Å². The van der Waals surface area contributed by atoms with E-state index < -0.39 is 60.0 Å². The normalized spacial score (nSPS) is 42.8. The van der Waals surface area contributed by atoms with Gasteiger partial charge in [-0.25, -0.2) is 8.98 Å². The smallest absolute Gasteiger partial charge is 0.397 e. The minimum absolute atomic E-state index is 0.141. The average molecular weight is 457 g/mol. The number of aliphatic carboxylic acids is 1. The summed E-state index contributed by atoms with van der Waals surface area (Å²) in [6.07, 6.45) is -5.02. The lowest BCUT2D eigenvalue weighted by Crippen LogP contribution is -2.58. The zero-order valence-corrected chi connectivity index (χ0v) is 18.8. The van der Waals surface area contributed by atoms with Crippen LogP contribution in [-0.2, 0) is 43.1 Å². The van der Waals surface area contributed by atoms with Crippen molar-refractivity contribution in [2.24, 2.45) is 23.7 Å². The fourth-order valence-corrected chi connectivity index (χ4v) is 4.36. The molecule has 2 fully saturated rings. The standard InChI is InChI=1S/C18H32O11S/c1-8-11(4)18(27-12(13(8)24-5)7-26-30(21,22)23)28-14-9(2)10(3)17(25-6)29-15(14)16(19)20/h8-15,17-18H,7H2,1-6H3,(H,19,20)(H,21,22,23)/t8?,9?,10?,11?,12-,13+,14+,15+,17+,18-/m1/s1. The summed E-state index contributed by atoms with van der Waals surface area (Å²) in [5.74, 6) is -1.91. The van der Waals surface area contributed by atoms with E-state index in [0.717, 1.165) is 0 Å². The lowest BCUT2D eigenvalue weighted by molar-refractivity contribution is -0.325. The molecule has 4 unspecified atom stereocenters. The number of ether oxygens (including phenoxy) is 5. The second kappa shape index (κ2) is 10.2. The molecule has 30 heavy (non-hydrogen) atoms. The van der Waals surface area contributed by atoms with Crippen molar-refractivity contribution >= 4 is 16.4 Å². The Kier molecular flexibility index (Phi) is 8.61. The van der Waals surface area contributed by atoms with Gasteiger partial charge in [0.15, 0.2) is 18.7 Å². The Morgan fingerprint density at radius 3 is 1.97 bits per heavy atom. The minimum atomic E-state index is -4.66. The van der Waals surface area contributed by atoms with E-state index in [1.165, 1.54) is 14.2 Å². The van der Waals surface area contributed by atoms with Crippen LogP contribution in [0.15, 0.2) is 0 Å². The summed E-state index contributed by atoms with van der Waals surface area (Å²) in [6, 6.07) is 0. The zero-order chi connectivity index (χ0) is 22.8. The van der Waals surface area contributed by atoms with Crippen LogP contribution >= 0.6 is 0 Å². The fourth-order valence-electron chi connectivity index (χ4n) is 4.06. The lowest BCUT2D eigenvalue weighted by Gasteiger charge is -2.48. The van der Waals surface area contributed by atoms with Crippen molar-refractivity contribution in [3.63, 3.8) is 0 Å².